The molecule has 0 spiro atoms. The molecule has 230 valence electrons. The molecule has 0 saturated carbocycles. The molecular weight excluding hydrogens is 814 g/mol. The maximum Gasteiger partial charge on any atom is 0.138 e. The first-order valence-electron chi connectivity index (χ1n) is 15.6. The molecule has 0 saturated heterocycles. The van der Waals surface area contributed by atoms with Crippen LogP contribution in [0.15, 0.2) is 158 Å². The fraction of sp³-hybridized carbons (Fsp3) is 0. The summed E-state index contributed by atoms with van der Waals surface area (Å²) in [6.07, 6.45) is 0. The van der Waals surface area contributed by atoms with Crippen molar-refractivity contribution in [1.29, 1.82) is 0 Å². The third-order valence-corrected chi connectivity index (χ3v) is 9.86. The number of aromatic nitrogens is 4. The van der Waals surface area contributed by atoms with Crippen LogP contribution >= 0.6 is 45.2 Å². The summed E-state index contributed by atoms with van der Waals surface area (Å²) >= 11 is 4.66. The Morgan fingerprint density at radius 1 is 0.312 bits per heavy atom. The van der Waals surface area contributed by atoms with Gasteiger partial charge in [-0.25, -0.2) is 9.97 Å². The highest BCUT2D eigenvalue weighted by Gasteiger charge is 2.17. The number of aromatic amines is 2. The van der Waals surface area contributed by atoms with Crippen molar-refractivity contribution >= 4 is 45.2 Å². The van der Waals surface area contributed by atoms with Gasteiger partial charge in [-0.3, -0.25) is 0 Å². The molecule has 0 bridgehead atoms. The highest BCUT2D eigenvalue weighted by Crippen LogP contribution is 2.36. The van der Waals surface area contributed by atoms with Crippen LogP contribution in [0.5, 0.6) is 0 Å². The van der Waals surface area contributed by atoms with E-state index in [9.17, 15) is 0 Å². The third kappa shape index (κ3) is 6.25. The van der Waals surface area contributed by atoms with Crippen molar-refractivity contribution < 1.29 is 0 Å². The number of hydrogen-bond donors (Lipinski definition) is 2. The van der Waals surface area contributed by atoms with Crippen LogP contribution in [0.25, 0.3) is 78.9 Å². The first-order valence-corrected chi connectivity index (χ1v) is 17.8. The topological polar surface area (TPSA) is 57.4 Å². The van der Waals surface area contributed by atoms with Crippen LogP contribution in [0, 0.1) is 7.14 Å². The number of rotatable bonds is 7. The summed E-state index contributed by atoms with van der Waals surface area (Å²) in [6.45, 7) is 0. The summed E-state index contributed by atoms with van der Waals surface area (Å²) in [7, 11) is 0. The van der Waals surface area contributed by atoms with Gasteiger partial charge in [0.15, 0.2) is 0 Å². The maximum absolute atomic E-state index is 5.06. The first-order chi connectivity index (χ1) is 23.6. The van der Waals surface area contributed by atoms with Crippen LogP contribution in [0.2, 0.25) is 0 Å². The molecular formula is C42H28I2N4. The highest BCUT2D eigenvalue weighted by atomic mass is 127. The Morgan fingerprint density at radius 3 is 0.979 bits per heavy atom. The monoisotopic (exact) mass is 842 g/mol. The minimum atomic E-state index is 0.860. The van der Waals surface area contributed by atoms with E-state index in [4.69, 9.17) is 9.97 Å². The lowest BCUT2D eigenvalue weighted by Gasteiger charge is -2.08. The second-order valence-corrected chi connectivity index (χ2v) is 14.0. The normalized spacial score (nSPS) is 11.1. The van der Waals surface area contributed by atoms with E-state index in [2.05, 4.69) is 201 Å². The molecule has 0 amide bonds. The lowest BCUT2D eigenvalue weighted by atomic mass is 9.98. The van der Waals surface area contributed by atoms with Gasteiger partial charge in [0.25, 0.3) is 0 Å². The smallest absolute Gasteiger partial charge is 0.138 e. The molecule has 6 aromatic carbocycles. The average Bonchev–Trinajstić information content (AvgIpc) is 3.80. The van der Waals surface area contributed by atoms with E-state index in [1.807, 2.05) is 12.1 Å². The second-order valence-electron chi connectivity index (χ2n) is 11.5. The van der Waals surface area contributed by atoms with Gasteiger partial charge >= 0.3 is 0 Å². The molecule has 0 aliphatic carbocycles. The number of nitrogens with one attached hydrogen (secondary N) is 2. The minimum absolute atomic E-state index is 0.860. The van der Waals surface area contributed by atoms with E-state index in [1.54, 1.807) is 0 Å². The maximum atomic E-state index is 5.06. The van der Waals surface area contributed by atoms with E-state index < -0.39 is 0 Å². The lowest BCUT2D eigenvalue weighted by Crippen LogP contribution is -1.86. The van der Waals surface area contributed by atoms with Gasteiger partial charge in [0.2, 0.25) is 0 Å². The number of imidazole rings is 2. The van der Waals surface area contributed by atoms with E-state index in [1.165, 1.54) is 7.14 Å². The standard InChI is InChI=1S/C42H28I2N4/c43-35-23-19-33(20-24-35)41-45-37(29-7-3-1-4-8-29)39(47-41)31-15-11-27(12-16-31)28-13-17-32(18-14-28)40-38(30-9-5-2-6-10-30)46-42(48-40)34-21-25-36(44)26-22-34/h1-26H,(H,45,47)(H,46,48). The van der Waals surface area contributed by atoms with Gasteiger partial charge in [0.05, 0.1) is 22.8 Å². The Labute approximate surface area is 306 Å². The van der Waals surface area contributed by atoms with Crippen molar-refractivity contribution in [1.82, 2.24) is 19.9 Å². The summed E-state index contributed by atoms with van der Waals surface area (Å²) < 4.78 is 2.39. The summed E-state index contributed by atoms with van der Waals surface area (Å²) in [5, 5.41) is 0. The Hall–Kier alpha value is -4.80. The van der Waals surface area contributed by atoms with Crippen molar-refractivity contribution in [2.75, 3.05) is 0 Å². The van der Waals surface area contributed by atoms with Gasteiger partial charge in [-0.2, -0.15) is 0 Å². The van der Waals surface area contributed by atoms with Gasteiger partial charge in [-0.1, -0.05) is 133 Å². The van der Waals surface area contributed by atoms with E-state index in [0.717, 1.165) is 78.9 Å². The first kappa shape index (κ1) is 30.5. The van der Waals surface area contributed by atoms with Gasteiger partial charge in [0, 0.05) is 40.5 Å². The quantitative estimate of drug-likeness (QED) is 0.157. The summed E-state index contributed by atoms with van der Waals surface area (Å²) in [6, 6.07) is 55.1. The number of halogens is 2. The zero-order valence-corrected chi connectivity index (χ0v) is 30.0. The van der Waals surface area contributed by atoms with E-state index in [0.29, 0.717) is 0 Å². The van der Waals surface area contributed by atoms with Crippen LogP contribution < -0.4 is 0 Å². The van der Waals surface area contributed by atoms with Gasteiger partial charge in [0.1, 0.15) is 11.6 Å². The Morgan fingerprint density at radius 2 is 0.625 bits per heavy atom. The van der Waals surface area contributed by atoms with Crippen molar-refractivity contribution in [2.24, 2.45) is 0 Å². The van der Waals surface area contributed by atoms with Crippen LogP contribution in [0.4, 0.5) is 0 Å². The van der Waals surface area contributed by atoms with E-state index in [-0.39, 0.29) is 0 Å². The Balaban J connectivity index is 1.12. The Kier molecular flexibility index (Phi) is 8.50. The molecule has 0 aliphatic rings. The molecule has 0 fully saturated rings. The fourth-order valence-electron chi connectivity index (χ4n) is 5.92. The van der Waals surface area contributed by atoms with Gasteiger partial charge in [-0.05, 0) is 80.6 Å². The zero-order chi connectivity index (χ0) is 32.5. The molecule has 48 heavy (non-hydrogen) atoms. The van der Waals surface area contributed by atoms with Crippen molar-refractivity contribution in [3.63, 3.8) is 0 Å². The largest absolute Gasteiger partial charge is 0.337 e. The van der Waals surface area contributed by atoms with Crippen molar-refractivity contribution in [3.05, 3.63) is 165 Å². The van der Waals surface area contributed by atoms with Crippen molar-refractivity contribution in [2.45, 2.75) is 0 Å². The molecule has 0 atom stereocenters. The number of hydrogen-bond acceptors (Lipinski definition) is 2. The predicted octanol–water partition coefficient (Wildman–Crippen LogP) is 12.0. The lowest BCUT2D eigenvalue weighted by molar-refractivity contribution is 1.31. The SMILES string of the molecule is Ic1ccc(-c2nc(-c3ccccc3)c(-c3ccc(-c4ccc(-c5[nH]c(-c6ccc(I)cc6)nc5-c5ccccc5)cc4)cc3)[nH]2)cc1. The summed E-state index contributed by atoms with van der Waals surface area (Å²) in [5.74, 6) is 1.72. The minimum Gasteiger partial charge on any atom is -0.337 e. The average molecular weight is 843 g/mol. The number of benzene rings is 6. The third-order valence-electron chi connectivity index (χ3n) is 8.42. The molecule has 8 aromatic rings. The molecule has 2 heterocycles. The molecule has 6 heteroatoms. The highest BCUT2D eigenvalue weighted by molar-refractivity contribution is 14.1. The molecule has 4 nitrogen and oxygen atoms in total. The second kappa shape index (κ2) is 13.4. The molecule has 0 unspecified atom stereocenters. The molecule has 0 aliphatic heterocycles. The summed E-state index contributed by atoms with van der Waals surface area (Å²) in [5.41, 5.74) is 12.7. The van der Waals surface area contributed by atoms with Crippen LogP contribution in [-0.2, 0) is 0 Å². The van der Waals surface area contributed by atoms with E-state index >= 15 is 0 Å². The van der Waals surface area contributed by atoms with Crippen LogP contribution in [0.3, 0.4) is 0 Å². The number of H-pyrrole nitrogens is 2. The predicted molar refractivity (Wildman–Crippen MR) is 214 cm³/mol. The van der Waals surface area contributed by atoms with Crippen molar-refractivity contribution in [3.8, 4) is 78.9 Å². The molecule has 8 rings (SSSR count). The molecule has 0 radical (unpaired) electrons. The zero-order valence-electron chi connectivity index (χ0n) is 25.7. The van der Waals surface area contributed by atoms with Gasteiger partial charge < -0.3 is 9.97 Å². The molecule has 2 aromatic heterocycles. The Bertz CT molecular complexity index is 2140. The van der Waals surface area contributed by atoms with Crippen LogP contribution in [0.1, 0.15) is 0 Å². The fourth-order valence-corrected chi connectivity index (χ4v) is 6.64. The summed E-state index contributed by atoms with van der Waals surface area (Å²) in [4.78, 5) is 17.4. The van der Waals surface area contributed by atoms with Crippen LogP contribution in [-0.4, -0.2) is 19.9 Å². The number of nitrogens with zero attached hydrogens (tertiary/aromatic N) is 2. The molecule has 2 N–H and O–H groups in total. The van der Waals surface area contributed by atoms with Gasteiger partial charge in [-0.15, -0.1) is 0 Å².